The molecule has 0 bridgehead atoms. The number of aromatic carboxylic acids is 1. The summed E-state index contributed by atoms with van der Waals surface area (Å²) < 4.78 is 10.5. The highest BCUT2D eigenvalue weighted by Gasteiger charge is 2.16. The first-order valence-corrected chi connectivity index (χ1v) is 8.28. The van der Waals surface area contributed by atoms with Crippen LogP contribution in [-0.4, -0.2) is 36.2 Å². The normalized spacial score (nSPS) is 10.5. The predicted octanol–water partition coefficient (Wildman–Crippen LogP) is 2.80. The number of carboxylic acid groups (broad SMARTS) is 1. The minimum Gasteiger partial charge on any atom is -0.493 e. The van der Waals surface area contributed by atoms with Crippen LogP contribution >= 0.6 is 0 Å². The average Bonchev–Trinajstić information content (AvgIpc) is 2.67. The fourth-order valence-corrected chi connectivity index (χ4v) is 2.78. The van der Waals surface area contributed by atoms with E-state index in [4.69, 9.17) is 14.6 Å². The highest BCUT2D eigenvalue weighted by atomic mass is 16.5. The van der Waals surface area contributed by atoms with Gasteiger partial charge in [-0.1, -0.05) is 6.07 Å². The van der Waals surface area contributed by atoms with Gasteiger partial charge in [-0.2, -0.15) is 0 Å². The fourth-order valence-electron chi connectivity index (χ4n) is 2.78. The number of pyridine rings is 1. The zero-order valence-electron chi connectivity index (χ0n) is 15.5. The predicted molar refractivity (Wildman–Crippen MR) is 104 cm³/mol. The van der Waals surface area contributed by atoms with Crippen LogP contribution in [0.5, 0.6) is 11.5 Å². The molecule has 3 rings (SSSR count). The van der Waals surface area contributed by atoms with Gasteiger partial charge in [0.25, 0.3) is 11.5 Å². The fraction of sp³-hybridized carbons (Fsp3) is 0.150. The van der Waals surface area contributed by atoms with Crippen LogP contribution in [0.3, 0.4) is 0 Å². The Balaban J connectivity index is 2.02. The molecule has 0 saturated carbocycles. The summed E-state index contributed by atoms with van der Waals surface area (Å²) in [7, 11) is 2.97. The van der Waals surface area contributed by atoms with Crippen molar-refractivity contribution in [3.8, 4) is 11.5 Å². The summed E-state index contributed by atoms with van der Waals surface area (Å²) >= 11 is 0. The minimum atomic E-state index is -1.11. The van der Waals surface area contributed by atoms with Gasteiger partial charge < -0.3 is 24.9 Å². The number of nitrogens with one attached hydrogen (secondary N) is 2. The molecule has 0 aliphatic heterocycles. The molecule has 0 spiro atoms. The number of aromatic amines is 1. The molecule has 1 amide bonds. The molecule has 0 aliphatic rings. The molecule has 8 nitrogen and oxygen atoms in total. The summed E-state index contributed by atoms with van der Waals surface area (Å²) in [6.45, 7) is 1.73. The zero-order valence-corrected chi connectivity index (χ0v) is 15.5. The maximum absolute atomic E-state index is 12.7. The molecule has 2 aromatic carbocycles. The maximum atomic E-state index is 12.7. The third-order valence-electron chi connectivity index (χ3n) is 4.33. The summed E-state index contributed by atoms with van der Waals surface area (Å²) in [5, 5.41) is 12.3. The quantitative estimate of drug-likeness (QED) is 0.625. The number of amides is 1. The molecule has 0 radical (unpaired) electrons. The van der Waals surface area contributed by atoms with Gasteiger partial charge in [-0.15, -0.1) is 0 Å². The van der Waals surface area contributed by atoms with Crippen molar-refractivity contribution in [2.75, 3.05) is 19.5 Å². The van der Waals surface area contributed by atoms with Gasteiger partial charge in [-0.05, 0) is 36.8 Å². The Morgan fingerprint density at radius 3 is 2.36 bits per heavy atom. The zero-order chi connectivity index (χ0) is 20.4. The van der Waals surface area contributed by atoms with Crippen molar-refractivity contribution in [2.45, 2.75) is 6.92 Å². The van der Waals surface area contributed by atoms with E-state index in [0.29, 0.717) is 33.7 Å². The number of aromatic nitrogens is 1. The maximum Gasteiger partial charge on any atom is 0.335 e. The molecule has 3 aromatic rings. The number of benzene rings is 2. The molecule has 0 fully saturated rings. The number of aryl methyl sites for hydroxylation is 1. The monoisotopic (exact) mass is 382 g/mol. The molecule has 1 heterocycles. The average molecular weight is 382 g/mol. The second kappa shape index (κ2) is 7.43. The van der Waals surface area contributed by atoms with Crippen LogP contribution in [0.15, 0.2) is 41.2 Å². The van der Waals surface area contributed by atoms with Crippen LogP contribution in [-0.2, 0) is 0 Å². The number of carboxylic acids is 1. The number of rotatable bonds is 5. The van der Waals surface area contributed by atoms with E-state index in [9.17, 15) is 14.4 Å². The molecule has 0 aliphatic carbocycles. The number of H-pyrrole nitrogens is 1. The van der Waals surface area contributed by atoms with Gasteiger partial charge in [0, 0.05) is 17.1 Å². The molecule has 0 saturated heterocycles. The summed E-state index contributed by atoms with van der Waals surface area (Å²) in [6, 6.07) is 9.08. The van der Waals surface area contributed by atoms with E-state index in [1.54, 1.807) is 25.1 Å². The molecule has 0 unspecified atom stereocenters. The third-order valence-corrected chi connectivity index (χ3v) is 4.33. The highest BCUT2D eigenvalue weighted by Crippen LogP contribution is 2.31. The lowest BCUT2D eigenvalue weighted by molar-refractivity contribution is 0.0696. The van der Waals surface area contributed by atoms with E-state index in [1.807, 2.05) is 0 Å². The molecular formula is C20H18N2O6. The number of anilines is 1. The summed E-state index contributed by atoms with van der Waals surface area (Å²) in [5.74, 6) is -0.856. The molecule has 28 heavy (non-hydrogen) atoms. The molecule has 8 heteroatoms. The summed E-state index contributed by atoms with van der Waals surface area (Å²) in [4.78, 5) is 38.8. The number of fused-ring (bicyclic) bond motifs is 1. The number of carbonyl (C=O) groups is 2. The first kappa shape index (κ1) is 19.0. The van der Waals surface area contributed by atoms with Gasteiger partial charge in [0.05, 0.1) is 25.3 Å². The Labute approximate surface area is 159 Å². The van der Waals surface area contributed by atoms with Crippen molar-refractivity contribution in [3.05, 3.63) is 63.4 Å². The number of methoxy groups -OCH3 is 2. The van der Waals surface area contributed by atoms with Crippen LogP contribution in [0, 0.1) is 6.92 Å². The van der Waals surface area contributed by atoms with Crippen molar-refractivity contribution < 1.29 is 24.2 Å². The molecule has 3 N–H and O–H groups in total. The van der Waals surface area contributed by atoms with Crippen molar-refractivity contribution in [3.63, 3.8) is 0 Å². The van der Waals surface area contributed by atoms with E-state index in [-0.39, 0.29) is 11.1 Å². The van der Waals surface area contributed by atoms with Crippen LogP contribution in [0.1, 0.15) is 26.3 Å². The van der Waals surface area contributed by atoms with Gasteiger partial charge in [0.2, 0.25) is 0 Å². The van der Waals surface area contributed by atoms with Gasteiger partial charge >= 0.3 is 5.97 Å². The van der Waals surface area contributed by atoms with Crippen molar-refractivity contribution in [1.29, 1.82) is 0 Å². The van der Waals surface area contributed by atoms with Crippen molar-refractivity contribution in [1.82, 2.24) is 4.98 Å². The van der Waals surface area contributed by atoms with Gasteiger partial charge in [-0.25, -0.2) is 4.79 Å². The highest BCUT2D eigenvalue weighted by molar-refractivity contribution is 6.06. The number of hydrogen-bond acceptors (Lipinski definition) is 5. The van der Waals surface area contributed by atoms with Crippen molar-refractivity contribution >= 4 is 28.5 Å². The van der Waals surface area contributed by atoms with Crippen molar-refractivity contribution in [2.24, 2.45) is 0 Å². The SMILES string of the molecule is COc1cc2cc(C(=O)Nc3cc(C(=O)O)ccc3C)c(=O)[nH]c2cc1OC. The second-order valence-electron chi connectivity index (χ2n) is 6.10. The molecular weight excluding hydrogens is 364 g/mol. The Kier molecular flexibility index (Phi) is 5.04. The number of hydrogen-bond donors (Lipinski definition) is 3. The minimum absolute atomic E-state index is 0.0325. The largest absolute Gasteiger partial charge is 0.493 e. The van der Waals surface area contributed by atoms with Crippen LogP contribution < -0.4 is 20.3 Å². The first-order valence-electron chi connectivity index (χ1n) is 8.28. The lowest BCUT2D eigenvalue weighted by Gasteiger charge is -2.11. The second-order valence-corrected chi connectivity index (χ2v) is 6.10. The standard InChI is InChI=1S/C20H18N2O6/c1-10-4-5-11(20(25)26)7-14(10)21-18(23)13-6-12-8-16(27-2)17(28-3)9-15(12)22-19(13)24/h4-9H,1-3H3,(H,21,23)(H,22,24)(H,25,26). The van der Waals surface area contributed by atoms with E-state index >= 15 is 0 Å². The topological polar surface area (TPSA) is 118 Å². The summed E-state index contributed by atoms with van der Waals surface area (Å²) in [6.07, 6.45) is 0. The van der Waals surface area contributed by atoms with Gasteiger partial charge in [-0.3, -0.25) is 9.59 Å². The molecule has 144 valence electrons. The van der Waals surface area contributed by atoms with E-state index in [1.165, 1.54) is 32.4 Å². The van der Waals surface area contributed by atoms with Crippen LogP contribution in [0.25, 0.3) is 10.9 Å². The van der Waals surface area contributed by atoms with Crippen LogP contribution in [0.4, 0.5) is 5.69 Å². The Hall–Kier alpha value is -3.81. The summed E-state index contributed by atoms with van der Waals surface area (Å²) in [5.41, 5.74) is 0.816. The van der Waals surface area contributed by atoms with E-state index in [2.05, 4.69) is 10.3 Å². The molecule has 0 atom stereocenters. The lowest BCUT2D eigenvalue weighted by Crippen LogP contribution is -2.23. The Bertz CT molecular complexity index is 1150. The van der Waals surface area contributed by atoms with Crippen LogP contribution in [0.2, 0.25) is 0 Å². The van der Waals surface area contributed by atoms with E-state index < -0.39 is 17.4 Å². The van der Waals surface area contributed by atoms with E-state index in [0.717, 1.165) is 0 Å². The lowest BCUT2D eigenvalue weighted by atomic mass is 10.1. The smallest absolute Gasteiger partial charge is 0.335 e. The molecule has 1 aromatic heterocycles. The third kappa shape index (κ3) is 3.52. The number of ether oxygens (including phenoxy) is 2. The Morgan fingerprint density at radius 2 is 1.71 bits per heavy atom. The number of carbonyl (C=O) groups excluding carboxylic acids is 1. The first-order chi connectivity index (χ1) is 13.3. The Morgan fingerprint density at radius 1 is 1.04 bits per heavy atom. The van der Waals surface area contributed by atoms with Gasteiger partial charge in [0.1, 0.15) is 5.56 Å². The van der Waals surface area contributed by atoms with Gasteiger partial charge in [0.15, 0.2) is 11.5 Å².